The number of hydrogen-bond acceptors (Lipinski definition) is 1. The molecule has 1 fully saturated rings. The van der Waals surface area contributed by atoms with Crippen LogP contribution in [0.3, 0.4) is 0 Å². The predicted octanol–water partition coefficient (Wildman–Crippen LogP) is 4.51. The van der Waals surface area contributed by atoms with Gasteiger partial charge in [0.05, 0.1) is 4.34 Å². The van der Waals surface area contributed by atoms with Crippen molar-refractivity contribution >= 4 is 38.9 Å². The number of alkyl halides is 1. The molecule has 0 N–H and O–H groups in total. The minimum absolute atomic E-state index is 0.728. The Bertz CT molecular complexity index is 284. The molecule has 1 aliphatic carbocycles. The maximum absolute atomic E-state index is 5.89. The van der Waals surface area contributed by atoms with Crippen LogP contribution in [0, 0.1) is 5.92 Å². The molecule has 0 nitrogen and oxygen atoms in total. The van der Waals surface area contributed by atoms with E-state index in [1.165, 1.54) is 31.2 Å². The van der Waals surface area contributed by atoms with E-state index in [4.69, 9.17) is 11.6 Å². The smallest absolute Gasteiger partial charge is 0.0931 e. The summed E-state index contributed by atoms with van der Waals surface area (Å²) in [4.78, 5) is 0.728. The average molecular weight is 280 g/mol. The van der Waals surface area contributed by atoms with Crippen molar-refractivity contribution < 1.29 is 0 Å². The Labute approximate surface area is 96.4 Å². The third kappa shape index (κ3) is 2.48. The molecule has 2 rings (SSSR count). The van der Waals surface area contributed by atoms with E-state index in [-0.39, 0.29) is 0 Å². The summed E-state index contributed by atoms with van der Waals surface area (Å²) in [6, 6.07) is 2.10. The van der Waals surface area contributed by atoms with Gasteiger partial charge in [0, 0.05) is 4.83 Å². The van der Waals surface area contributed by atoms with Crippen molar-refractivity contribution in [2.75, 3.05) is 0 Å². The minimum Gasteiger partial charge on any atom is -0.132 e. The maximum atomic E-state index is 5.89. The van der Waals surface area contributed by atoms with Gasteiger partial charge >= 0.3 is 0 Å². The fraction of sp³-hybridized carbons (Fsp3) is 0.600. The molecule has 0 amide bonds. The second-order valence-corrected chi connectivity index (χ2v) is 6.39. The van der Waals surface area contributed by atoms with E-state index in [9.17, 15) is 0 Å². The van der Waals surface area contributed by atoms with Gasteiger partial charge in [-0.2, -0.15) is 0 Å². The van der Waals surface area contributed by atoms with E-state index in [1.807, 2.05) is 0 Å². The lowest BCUT2D eigenvalue weighted by atomic mass is 10.0. The van der Waals surface area contributed by atoms with E-state index in [1.54, 1.807) is 11.3 Å². The van der Waals surface area contributed by atoms with Crippen LogP contribution in [0.2, 0.25) is 4.34 Å². The van der Waals surface area contributed by atoms with Crippen LogP contribution in [0.1, 0.15) is 24.8 Å². The molecular formula is C10H12BrClS. The lowest BCUT2D eigenvalue weighted by Gasteiger charge is -2.11. The molecule has 2 unspecified atom stereocenters. The Balaban J connectivity index is 1.97. The van der Waals surface area contributed by atoms with Gasteiger partial charge in [-0.3, -0.25) is 0 Å². The van der Waals surface area contributed by atoms with Crippen molar-refractivity contribution in [1.29, 1.82) is 0 Å². The van der Waals surface area contributed by atoms with Crippen LogP contribution < -0.4 is 0 Å². The van der Waals surface area contributed by atoms with Crippen LogP contribution in [-0.4, -0.2) is 4.83 Å². The molecule has 1 aromatic rings. The molecule has 1 saturated carbocycles. The van der Waals surface area contributed by atoms with E-state index in [0.717, 1.165) is 15.1 Å². The molecule has 13 heavy (non-hydrogen) atoms. The van der Waals surface area contributed by atoms with Crippen molar-refractivity contribution in [1.82, 2.24) is 0 Å². The van der Waals surface area contributed by atoms with Gasteiger partial charge in [-0.15, -0.1) is 11.3 Å². The monoisotopic (exact) mass is 278 g/mol. The van der Waals surface area contributed by atoms with Gasteiger partial charge in [0.1, 0.15) is 0 Å². The van der Waals surface area contributed by atoms with Gasteiger partial charge in [-0.1, -0.05) is 34.0 Å². The number of thiophene rings is 1. The normalized spacial score (nSPS) is 28.2. The summed E-state index contributed by atoms with van der Waals surface area (Å²) in [7, 11) is 0. The molecule has 0 aromatic carbocycles. The average Bonchev–Trinajstić information content (AvgIpc) is 2.64. The number of hydrogen-bond donors (Lipinski definition) is 0. The quantitative estimate of drug-likeness (QED) is 0.699. The first kappa shape index (κ1) is 10.0. The highest BCUT2D eigenvalue weighted by Gasteiger charge is 2.24. The van der Waals surface area contributed by atoms with Crippen molar-refractivity contribution in [3.05, 3.63) is 21.3 Å². The highest BCUT2D eigenvalue weighted by atomic mass is 79.9. The minimum atomic E-state index is 0.728. The lowest BCUT2D eigenvalue weighted by Crippen LogP contribution is -2.08. The molecule has 1 aromatic heterocycles. The molecule has 0 aliphatic heterocycles. The summed E-state index contributed by atoms with van der Waals surface area (Å²) in [5, 5.41) is 2.18. The van der Waals surface area contributed by atoms with Crippen LogP contribution in [0.15, 0.2) is 11.4 Å². The van der Waals surface area contributed by atoms with Crippen LogP contribution in [-0.2, 0) is 6.42 Å². The van der Waals surface area contributed by atoms with Gasteiger partial charge in [0.2, 0.25) is 0 Å². The molecule has 0 radical (unpaired) electrons. The highest BCUT2D eigenvalue weighted by molar-refractivity contribution is 9.09. The fourth-order valence-electron chi connectivity index (χ4n) is 1.98. The van der Waals surface area contributed by atoms with Gasteiger partial charge in [0.15, 0.2) is 0 Å². The third-order valence-electron chi connectivity index (χ3n) is 2.69. The Morgan fingerprint density at radius 2 is 2.38 bits per heavy atom. The Morgan fingerprint density at radius 3 is 2.92 bits per heavy atom. The standard InChI is InChI=1S/C10H12BrClS/c11-9-3-1-2-8(9)4-7-5-10(12)13-6-7/h5-6,8-9H,1-4H2. The predicted molar refractivity (Wildman–Crippen MR) is 63.1 cm³/mol. The van der Waals surface area contributed by atoms with E-state index >= 15 is 0 Å². The molecule has 1 aliphatic rings. The maximum Gasteiger partial charge on any atom is 0.0931 e. The van der Waals surface area contributed by atoms with Crippen molar-refractivity contribution in [3.63, 3.8) is 0 Å². The molecular weight excluding hydrogens is 268 g/mol. The largest absolute Gasteiger partial charge is 0.132 e. The molecule has 0 saturated heterocycles. The molecule has 1 heterocycles. The van der Waals surface area contributed by atoms with Crippen LogP contribution >= 0.6 is 38.9 Å². The van der Waals surface area contributed by atoms with Crippen LogP contribution in [0.4, 0.5) is 0 Å². The van der Waals surface area contributed by atoms with E-state index in [0.29, 0.717) is 0 Å². The first-order valence-corrected chi connectivity index (χ1v) is 6.80. The summed E-state index contributed by atoms with van der Waals surface area (Å²) in [5.74, 6) is 0.825. The van der Waals surface area contributed by atoms with Crippen molar-refractivity contribution in [3.8, 4) is 0 Å². The van der Waals surface area contributed by atoms with Crippen LogP contribution in [0.25, 0.3) is 0 Å². The van der Waals surface area contributed by atoms with Gasteiger partial charge < -0.3 is 0 Å². The van der Waals surface area contributed by atoms with Gasteiger partial charge in [0.25, 0.3) is 0 Å². The summed E-state index contributed by atoms with van der Waals surface area (Å²) >= 11 is 11.3. The zero-order valence-corrected chi connectivity index (χ0v) is 10.5. The zero-order chi connectivity index (χ0) is 9.26. The number of halogens is 2. The van der Waals surface area contributed by atoms with E-state index in [2.05, 4.69) is 27.4 Å². The summed E-state index contributed by atoms with van der Waals surface area (Å²) in [6.07, 6.45) is 5.27. The molecule has 0 spiro atoms. The Hall–Kier alpha value is 0.470. The van der Waals surface area contributed by atoms with Gasteiger partial charge in [-0.05, 0) is 42.2 Å². The second-order valence-electron chi connectivity index (χ2n) is 3.67. The second kappa shape index (κ2) is 4.33. The topological polar surface area (TPSA) is 0 Å². The summed E-state index contributed by atoms with van der Waals surface area (Å²) < 4.78 is 0.916. The SMILES string of the molecule is Clc1cc(CC2CCCC2Br)cs1. The third-order valence-corrected chi connectivity index (χ3v) is 5.03. The van der Waals surface area contributed by atoms with Crippen molar-refractivity contribution in [2.45, 2.75) is 30.5 Å². The fourth-order valence-corrected chi connectivity index (χ4v) is 3.67. The van der Waals surface area contributed by atoms with Crippen molar-refractivity contribution in [2.24, 2.45) is 5.92 Å². The van der Waals surface area contributed by atoms with Crippen LogP contribution in [0.5, 0.6) is 0 Å². The summed E-state index contributed by atoms with van der Waals surface area (Å²) in [5.41, 5.74) is 1.41. The molecule has 72 valence electrons. The zero-order valence-electron chi connectivity index (χ0n) is 7.30. The number of rotatable bonds is 2. The Morgan fingerprint density at radius 1 is 1.54 bits per heavy atom. The lowest BCUT2D eigenvalue weighted by molar-refractivity contribution is 0.563. The van der Waals surface area contributed by atoms with E-state index < -0.39 is 0 Å². The first-order chi connectivity index (χ1) is 6.25. The Kier molecular flexibility index (Phi) is 3.33. The van der Waals surface area contributed by atoms with Gasteiger partial charge in [-0.25, -0.2) is 0 Å². The molecule has 3 heteroatoms. The first-order valence-electron chi connectivity index (χ1n) is 4.62. The molecule has 0 bridgehead atoms. The summed E-state index contributed by atoms with van der Waals surface area (Å²) in [6.45, 7) is 0. The molecule has 2 atom stereocenters. The highest BCUT2D eigenvalue weighted by Crippen LogP contribution is 2.35.